The van der Waals surface area contributed by atoms with Gasteiger partial charge in [-0.15, -0.1) is 0 Å². The summed E-state index contributed by atoms with van der Waals surface area (Å²) in [6.45, 7) is 1.11. The van der Waals surface area contributed by atoms with Gasteiger partial charge in [-0.3, -0.25) is 4.68 Å². The summed E-state index contributed by atoms with van der Waals surface area (Å²) in [5.41, 5.74) is 5.55. The van der Waals surface area contributed by atoms with Crippen molar-refractivity contribution < 1.29 is 0 Å². The topological polar surface area (TPSA) is 36.9 Å². The van der Waals surface area contributed by atoms with Gasteiger partial charge in [-0.05, 0) is 43.1 Å². The van der Waals surface area contributed by atoms with Crippen LogP contribution in [0, 0.1) is 0 Å². The normalized spacial score (nSPS) is 27.3. The Morgan fingerprint density at radius 3 is 2.96 bits per heavy atom. The van der Waals surface area contributed by atoms with E-state index in [-0.39, 0.29) is 0 Å². The molecule has 5 rings (SSSR count). The molecule has 2 aliphatic rings. The van der Waals surface area contributed by atoms with E-state index in [2.05, 4.69) is 58.7 Å². The van der Waals surface area contributed by atoms with Crippen LogP contribution >= 0.6 is 0 Å². The van der Waals surface area contributed by atoms with Gasteiger partial charge in [0, 0.05) is 54.8 Å². The predicted molar refractivity (Wildman–Crippen MR) is 91.7 cm³/mol. The van der Waals surface area contributed by atoms with E-state index in [0.29, 0.717) is 17.9 Å². The number of piperidine rings is 1. The number of benzene rings is 1. The fraction of sp³-hybridized carbons (Fsp3) is 0.421. The summed E-state index contributed by atoms with van der Waals surface area (Å²) in [5, 5.41) is 6.15. The summed E-state index contributed by atoms with van der Waals surface area (Å²) >= 11 is 0. The van der Waals surface area contributed by atoms with Crippen molar-refractivity contribution in [2.75, 3.05) is 13.6 Å². The monoisotopic (exact) mass is 306 g/mol. The molecule has 4 heteroatoms. The number of aryl methyl sites for hydroxylation is 1. The smallest absolute Gasteiger partial charge is 0.0668 e. The first-order chi connectivity index (χ1) is 11.2. The lowest BCUT2D eigenvalue weighted by Crippen LogP contribution is -2.47. The van der Waals surface area contributed by atoms with Crippen LogP contribution in [-0.4, -0.2) is 39.3 Å². The van der Waals surface area contributed by atoms with E-state index in [1.807, 2.05) is 11.7 Å². The van der Waals surface area contributed by atoms with Crippen LogP contribution in [0.3, 0.4) is 0 Å². The SMILES string of the molecule is CN1CC(c2ccn(C)n2)CC2c3cccc4[nH]cc(c34)CC21. The van der Waals surface area contributed by atoms with E-state index in [9.17, 15) is 0 Å². The molecule has 1 aliphatic carbocycles. The van der Waals surface area contributed by atoms with Gasteiger partial charge < -0.3 is 9.88 Å². The maximum Gasteiger partial charge on any atom is 0.0668 e. The van der Waals surface area contributed by atoms with Crippen LogP contribution in [-0.2, 0) is 13.5 Å². The van der Waals surface area contributed by atoms with Gasteiger partial charge in [-0.1, -0.05) is 12.1 Å². The summed E-state index contributed by atoms with van der Waals surface area (Å²) in [4.78, 5) is 6.01. The Bertz CT molecular complexity index is 875. The number of likely N-dealkylation sites (N-methyl/N-ethyl adjacent to an activating group) is 1. The summed E-state index contributed by atoms with van der Waals surface area (Å²) in [6.07, 6.45) is 6.64. The Labute approximate surface area is 136 Å². The number of likely N-dealkylation sites (tertiary alicyclic amines) is 1. The first-order valence-electron chi connectivity index (χ1n) is 8.49. The van der Waals surface area contributed by atoms with Crippen molar-refractivity contribution in [2.45, 2.75) is 30.7 Å². The molecule has 1 N–H and O–H groups in total. The second-order valence-electron chi connectivity index (χ2n) is 7.25. The van der Waals surface area contributed by atoms with Gasteiger partial charge in [0.25, 0.3) is 0 Å². The van der Waals surface area contributed by atoms with Gasteiger partial charge in [0.2, 0.25) is 0 Å². The lowest BCUT2D eigenvalue weighted by atomic mass is 9.72. The molecule has 3 atom stereocenters. The first-order valence-corrected chi connectivity index (χ1v) is 8.49. The minimum absolute atomic E-state index is 0.526. The molecule has 23 heavy (non-hydrogen) atoms. The number of rotatable bonds is 1. The number of hydrogen-bond acceptors (Lipinski definition) is 2. The van der Waals surface area contributed by atoms with Gasteiger partial charge in [0.15, 0.2) is 0 Å². The van der Waals surface area contributed by atoms with E-state index in [1.54, 1.807) is 0 Å². The quantitative estimate of drug-likeness (QED) is 0.750. The van der Waals surface area contributed by atoms with E-state index < -0.39 is 0 Å². The summed E-state index contributed by atoms with van der Waals surface area (Å²) in [6, 6.07) is 9.54. The second-order valence-corrected chi connectivity index (χ2v) is 7.25. The molecule has 0 spiro atoms. The molecule has 0 amide bonds. The molecule has 4 nitrogen and oxygen atoms in total. The van der Waals surface area contributed by atoms with Crippen molar-refractivity contribution >= 4 is 10.9 Å². The van der Waals surface area contributed by atoms with Crippen molar-refractivity contribution in [3.05, 3.63) is 53.5 Å². The fourth-order valence-corrected chi connectivity index (χ4v) is 4.81. The third-order valence-electron chi connectivity index (χ3n) is 5.88. The number of aromatic nitrogens is 3. The molecule has 3 aromatic rings. The molecule has 3 heterocycles. The Morgan fingerprint density at radius 1 is 1.22 bits per heavy atom. The van der Waals surface area contributed by atoms with E-state index in [4.69, 9.17) is 0 Å². The summed E-state index contributed by atoms with van der Waals surface area (Å²) in [7, 11) is 4.29. The number of hydrogen-bond donors (Lipinski definition) is 1. The van der Waals surface area contributed by atoms with E-state index in [1.165, 1.54) is 34.1 Å². The van der Waals surface area contributed by atoms with Gasteiger partial charge in [-0.2, -0.15) is 5.10 Å². The lowest BCUT2D eigenvalue weighted by Gasteiger charge is -2.45. The highest BCUT2D eigenvalue weighted by molar-refractivity contribution is 5.88. The average Bonchev–Trinajstić information content (AvgIpc) is 3.16. The Balaban J connectivity index is 1.59. The molecule has 2 aromatic heterocycles. The van der Waals surface area contributed by atoms with Gasteiger partial charge in [0.1, 0.15) is 0 Å². The molecule has 3 unspecified atom stereocenters. The maximum absolute atomic E-state index is 4.67. The molecule has 0 saturated carbocycles. The molecule has 1 saturated heterocycles. The third kappa shape index (κ3) is 1.91. The zero-order chi connectivity index (χ0) is 15.6. The molecule has 1 fully saturated rings. The lowest BCUT2D eigenvalue weighted by molar-refractivity contribution is 0.138. The maximum atomic E-state index is 4.67. The highest BCUT2D eigenvalue weighted by Crippen LogP contribution is 2.46. The van der Waals surface area contributed by atoms with E-state index in [0.717, 1.165) is 13.0 Å². The van der Waals surface area contributed by atoms with E-state index >= 15 is 0 Å². The standard InChI is InChI=1S/C19H22N4/c1-22-11-13(16-6-7-23(2)21-16)8-15-14-4-3-5-17-19(14)12(10-20-17)9-18(15)22/h3-7,10,13,15,18,20H,8-9,11H2,1-2H3. The first kappa shape index (κ1) is 13.4. The number of fused-ring (bicyclic) bond motifs is 2. The zero-order valence-electron chi connectivity index (χ0n) is 13.7. The van der Waals surface area contributed by atoms with Crippen LogP contribution in [0.2, 0.25) is 0 Å². The van der Waals surface area contributed by atoms with Crippen LogP contribution in [0.1, 0.15) is 35.1 Å². The molecule has 0 radical (unpaired) electrons. The van der Waals surface area contributed by atoms with Crippen molar-refractivity contribution in [1.82, 2.24) is 19.7 Å². The highest BCUT2D eigenvalue weighted by Gasteiger charge is 2.40. The Kier molecular flexibility index (Phi) is 2.74. The minimum Gasteiger partial charge on any atom is -0.361 e. The van der Waals surface area contributed by atoms with Crippen LogP contribution in [0.25, 0.3) is 10.9 Å². The summed E-state index contributed by atoms with van der Waals surface area (Å²) in [5.74, 6) is 1.13. The predicted octanol–water partition coefficient (Wildman–Crippen LogP) is 3.03. The number of nitrogens with zero attached hydrogens (tertiary/aromatic N) is 3. The van der Waals surface area contributed by atoms with Crippen LogP contribution < -0.4 is 0 Å². The van der Waals surface area contributed by atoms with Crippen molar-refractivity contribution in [2.24, 2.45) is 7.05 Å². The second kappa shape index (κ2) is 4.71. The zero-order valence-corrected chi connectivity index (χ0v) is 13.7. The molecule has 0 bridgehead atoms. The number of H-pyrrole nitrogens is 1. The molecule has 118 valence electrons. The van der Waals surface area contributed by atoms with Crippen LogP contribution in [0.15, 0.2) is 36.7 Å². The third-order valence-corrected chi connectivity index (χ3v) is 5.88. The van der Waals surface area contributed by atoms with Crippen molar-refractivity contribution in [3.8, 4) is 0 Å². The van der Waals surface area contributed by atoms with Crippen LogP contribution in [0.4, 0.5) is 0 Å². The van der Waals surface area contributed by atoms with Crippen LogP contribution in [0.5, 0.6) is 0 Å². The Morgan fingerprint density at radius 2 is 2.13 bits per heavy atom. The number of aromatic amines is 1. The molecule has 1 aromatic carbocycles. The number of nitrogens with one attached hydrogen (secondary N) is 1. The van der Waals surface area contributed by atoms with Gasteiger partial charge >= 0.3 is 0 Å². The Hall–Kier alpha value is -2.07. The minimum atomic E-state index is 0.526. The molecular formula is C19H22N4. The van der Waals surface area contributed by atoms with Gasteiger partial charge in [0.05, 0.1) is 5.69 Å². The van der Waals surface area contributed by atoms with Crippen molar-refractivity contribution in [3.63, 3.8) is 0 Å². The molecule has 1 aliphatic heterocycles. The average molecular weight is 306 g/mol. The summed E-state index contributed by atoms with van der Waals surface area (Å²) < 4.78 is 1.92. The van der Waals surface area contributed by atoms with Gasteiger partial charge in [-0.25, -0.2) is 0 Å². The highest BCUT2D eigenvalue weighted by atomic mass is 15.3. The van der Waals surface area contributed by atoms with Crippen molar-refractivity contribution in [1.29, 1.82) is 0 Å². The fourth-order valence-electron chi connectivity index (χ4n) is 4.81. The largest absolute Gasteiger partial charge is 0.361 e. The molecular weight excluding hydrogens is 284 g/mol.